The van der Waals surface area contributed by atoms with Crippen molar-refractivity contribution in [2.75, 3.05) is 0 Å². The number of primary amides is 1. The van der Waals surface area contributed by atoms with Gasteiger partial charge in [-0.1, -0.05) is 34.6 Å². The Morgan fingerprint density at radius 2 is 2.00 bits per heavy atom. The summed E-state index contributed by atoms with van der Waals surface area (Å²) in [6.07, 6.45) is 0. The van der Waals surface area contributed by atoms with Crippen LogP contribution in [0.5, 0.6) is 0 Å². The molecule has 4 nitrogen and oxygen atoms in total. The highest BCUT2D eigenvalue weighted by Gasteiger charge is 2.35. The number of rotatable bonds is 2. The average Bonchev–Trinajstić information content (AvgIpc) is 2.28. The smallest absolute Gasteiger partial charge is 0.228 e. The number of nitrogens with two attached hydrogens (primary N) is 1. The number of nitrogens with one attached hydrogen (secondary N) is 2. The van der Waals surface area contributed by atoms with E-state index >= 15 is 0 Å². The molecule has 94 valence electrons. The van der Waals surface area contributed by atoms with Crippen LogP contribution in [0.15, 0.2) is 41.0 Å². The molecular weight excluding hydrogens is 314 g/mol. The zero-order chi connectivity index (χ0) is 13.3. The first-order chi connectivity index (χ1) is 8.49. The average molecular weight is 326 g/mol. The van der Waals surface area contributed by atoms with Crippen LogP contribution in [0, 0.1) is 5.92 Å². The largest absolute Gasteiger partial charge is 0.369 e. The zero-order valence-corrected chi connectivity index (χ0v) is 11.8. The van der Waals surface area contributed by atoms with Crippen molar-refractivity contribution < 1.29 is 4.79 Å². The van der Waals surface area contributed by atoms with Crippen LogP contribution in [0.1, 0.15) is 11.6 Å². The zero-order valence-electron chi connectivity index (χ0n) is 9.44. The van der Waals surface area contributed by atoms with Gasteiger partial charge in [-0.05, 0) is 29.9 Å². The molecule has 0 spiro atoms. The first-order valence-corrected chi connectivity index (χ1v) is 6.50. The van der Waals surface area contributed by atoms with E-state index in [4.69, 9.17) is 18.0 Å². The van der Waals surface area contributed by atoms with Gasteiger partial charge >= 0.3 is 0 Å². The Morgan fingerprint density at radius 1 is 1.39 bits per heavy atom. The molecule has 0 radical (unpaired) electrons. The minimum absolute atomic E-state index is 0.281. The van der Waals surface area contributed by atoms with E-state index in [1.165, 1.54) is 0 Å². The monoisotopic (exact) mass is 325 g/mol. The van der Waals surface area contributed by atoms with Crippen LogP contribution in [0.25, 0.3) is 0 Å². The second-order valence-corrected chi connectivity index (χ2v) is 5.36. The Balaban J connectivity index is 2.37. The lowest BCUT2D eigenvalue weighted by atomic mass is 9.89. The first-order valence-electron chi connectivity index (χ1n) is 5.30. The normalized spacial score (nSPS) is 23.2. The molecule has 4 N–H and O–H groups in total. The maximum Gasteiger partial charge on any atom is 0.228 e. The lowest BCUT2D eigenvalue weighted by Gasteiger charge is -2.34. The fourth-order valence-electron chi connectivity index (χ4n) is 1.97. The van der Waals surface area contributed by atoms with Crippen LogP contribution in [-0.2, 0) is 4.79 Å². The summed E-state index contributed by atoms with van der Waals surface area (Å²) < 4.78 is 0.970. The summed E-state index contributed by atoms with van der Waals surface area (Å²) in [4.78, 5) is 11.6. The number of halogens is 1. The van der Waals surface area contributed by atoms with Crippen LogP contribution >= 0.6 is 28.1 Å². The van der Waals surface area contributed by atoms with Gasteiger partial charge in [0.1, 0.15) is 5.92 Å². The van der Waals surface area contributed by atoms with Crippen molar-refractivity contribution >= 4 is 39.2 Å². The molecule has 0 bridgehead atoms. The van der Waals surface area contributed by atoms with E-state index in [1.54, 1.807) is 0 Å². The number of amides is 1. The summed E-state index contributed by atoms with van der Waals surface area (Å²) in [6, 6.07) is 7.36. The summed E-state index contributed by atoms with van der Waals surface area (Å²) in [5, 5.41) is 6.34. The van der Waals surface area contributed by atoms with Crippen LogP contribution in [0.4, 0.5) is 0 Å². The molecule has 1 heterocycles. The van der Waals surface area contributed by atoms with E-state index in [0.717, 1.165) is 10.0 Å². The number of thiocarbonyl (C=S) groups is 1. The Labute approximate surface area is 119 Å². The minimum Gasteiger partial charge on any atom is -0.369 e. The number of hydrogen-bond donors (Lipinski definition) is 3. The van der Waals surface area contributed by atoms with Crippen molar-refractivity contribution in [2.45, 2.75) is 6.04 Å². The van der Waals surface area contributed by atoms with E-state index in [0.29, 0.717) is 10.8 Å². The summed E-state index contributed by atoms with van der Waals surface area (Å²) in [5.41, 5.74) is 6.89. The molecule has 1 aromatic rings. The summed E-state index contributed by atoms with van der Waals surface area (Å²) >= 11 is 8.45. The van der Waals surface area contributed by atoms with Crippen molar-refractivity contribution in [3.05, 3.63) is 46.6 Å². The van der Waals surface area contributed by atoms with Gasteiger partial charge in [-0.3, -0.25) is 4.79 Å². The van der Waals surface area contributed by atoms with Gasteiger partial charge in [0.25, 0.3) is 0 Å². The van der Waals surface area contributed by atoms with Crippen molar-refractivity contribution in [3.63, 3.8) is 0 Å². The maximum atomic E-state index is 11.6. The molecule has 1 saturated heterocycles. The highest BCUT2D eigenvalue weighted by atomic mass is 79.9. The van der Waals surface area contributed by atoms with Gasteiger partial charge in [-0.2, -0.15) is 0 Å². The maximum absolute atomic E-state index is 11.6. The standard InChI is InChI=1S/C12H12BrN3OS/c1-6-9(11(14)17)10(16-12(18)15-6)7-2-4-8(13)5-3-7/h2-5,9-10H,1H2,(H2,14,17)(H2,15,16,18)/t9-,10+/m1/s1. The molecule has 1 aromatic carbocycles. The predicted molar refractivity (Wildman–Crippen MR) is 77.6 cm³/mol. The molecule has 1 amide bonds. The van der Waals surface area contributed by atoms with Crippen molar-refractivity contribution in [1.82, 2.24) is 10.6 Å². The lowest BCUT2D eigenvalue weighted by molar-refractivity contribution is -0.121. The van der Waals surface area contributed by atoms with Crippen LogP contribution < -0.4 is 16.4 Å². The lowest BCUT2D eigenvalue weighted by Crippen LogP contribution is -2.52. The van der Waals surface area contributed by atoms with E-state index < -0.39 is 11.8 Å². The fourth-order valence-corrected chi connectivity index (χ4v) is 2.49. The first kappa shape index (κ1) is 13.0. The van der Waals surface area contributed by atoms with Crippen LogP contribution in [-0.4, -0.2) is 11.0 Å². The topological polar surface area (TPSA) is 67.2 Å². The highest BCUT2D eigenvalue weighted by molar-refractivity contribution is 9.10. The molecule has 0 saturated carbocycles. The molecule has 0 aromatic heterocycles. The molecule has 6 heteroatoms. The molecule has 2 atom stereocenters. The molecule has 1 aliphatic heterocycles. The molecule has 18 heavy (non-hydrogen) atoms. The third-order valence-corrected chi connectivity index (χ3v) is 3.55. The third-order valence-electron chi connectivity index (χ3n) is 2.81. The molecule has 0 aliphatic carbocycles. The van der Waals surface area contributed by atoms with Crippen molar-refractivity contribution in [2.24, 2.45) is 11.7 Å². The molecule has 2 rings (SSSR count). The van der Waals surface area contributed by atoms with E-state index in [2.05, 4.69) is 33.1 Å². The van der Waals surface area contributed by atoms with Gasteiger partial charge in [0.05, 0.1) is 6.04 Å². The molecule has 0 unspecified atom stereocenters. The van der Waals surface area contributed by atoms with Gasteiger partial charge in [-0.15, -0.1) is 0 Å². The number of hydrogen-bond acceptors (Lipinski definition) is 2. The Morgan fingerprint density at radius 3 is 2.56 bits per heavy atom. The van der Waals surface area contributed by atoms with Gasteiger partial charge in [0, 0.05) is 10.2 Å². The third kappa shape index (κ3) is 2.54. The summed E-state index contributed by atoms with van der Waals surface area (Å²) in [5.74, 6) is -0.965. The van der Waals surface area contributed by atoms with Gasteiger partial charge < -0.3 is 16.4 Å². The van der Waals surface area contributed by atoms with Crippen molar-refractivity contribution in [3.8, 4) is 0 Å². The minimum atomic E-state index is -0.530. The molecule has 1 fully saturated rings. The highest BCUT2D eigenvalue weighted by Crippen LogP contribution is 2.29. The fraction of sp³-hybridized carbons (Fsp3) is 0.167. The van der Waals surface area contributed by atoms with Gasteiger partial charge in [-0.25, -0.2) is 0 Å². The van der Waals surface area contributed by atoms with Gasteiger partial charge in [0.2, 0.25) is 5.91 Å². The number of carbonyl (C=O) groups is 1. The summed E-state index contributed by atoms with van der Waals surface area (Å²) in [6.45, 7) is 3.81. The predicted octanol–water partition coefficient (Wildman–Crippen LogP) is 1.58. The second kappa shape index (κ2) is 5.07. The van der Waals surface area contributed by atoms with Crippen molar-refractivity contribution in [1.29, 1.82) is 0 Å². The van der Waals surface area contributed by atoms with Gasteiger partial charge in [0.15, 0.2) is 5.11 Å². The van der Waals surface area contributed by atoms with Crippen LogP contribution in [0.3, 0.4) is 0 Å². The SMILES string of the molecule is C=C1NC(=S)N[C@@H](c2ccc(Br)cc2)[C@@H]1C(N)=O. The Hall–Kier alpha value is -1.40. The van der Waals surface area contributed by atoms with Crippen LogP contribution in [0.2, 0.25) is 0 Å². The van der Waals surface area contributed by atoms with E-state index in [-0.39, 0.29) is 6.04 Å². The van der Waals surface area contributed by atoms with E-state index in [9.17, 15) is 4.79 Å². The quantitative estimate of drug-likeness (QED) is 0.722. The Bertz CT molecular complexity index is 515. The second-order valence-electron chi connectivity index (χ2n) is 4.03. The molecule has 1 aliphatic rings. The number of benzene rings is 1. The number of carbonyl (C=O) groups excluding carboxylic acids is 1. The molecular formula is C12H12BrN3OS. The Kier molecular flexibility index (Phi) is 3.68. The summed E-state index contributed by atoms with van der Waals surface area (Å²) in [7, 11) is 0. The van der Waals surface area contributed by atoms with E-state index in [1.807, 2.05) is 24.3 Å².